The molecule has 0 aliphatic heterocycles. The zero-order valence-electron chi connectivity index (χ0n) is 40.2. The molecule has 360 valence electrons. The first kappa shape index (κ1) is 47.2. The van der Waals surface area contributed by atoms with Gasteiger partial charge in [-0.2, -0.15) is 0 Å². The smallest absolute Gasteiger partial charge is 0.486 e. The van der Waals surface area contributed by atoms with Crippen molar-refractivity contribution in [2.45, 2.75) is 0 Å². The van der Waals surface area contributed by atoms with E-state index in [1.54, 1.807) is 18.6 Å². The average Bonchev–Trinajstić information content (AvgIpc) is 4.17. The number of benzene rings is 6. The van der Waals surface area contributed by atoms with Crippen LogP contribution in [0.1, 0.15) is 0 Å². The van der Waals surface area contributed by atoms with Gasteiger partial charge in [0.25, 0.3) is 0 Å². The Hall–Kier alpha value is -9.87. The van der Waals surface area contributed by atoms with Crippen LogP contribution in [0.3, 0.4) is 0 Å². The molecule has 0 radical (unpaired) electrons. The third kappa shape index (κ3) is 8.93. The number of pyridine rings is 4. The molecule has 9 heterocycles. The maximum atomic E-state index is 6.00. The molecular weight excluding hydrogens is 1120 g/mol. The van der Waals surface area contributed by atoms with Gasteiger partial charge in [-0.25, -0.2) is 4.98 Å². The van der Waals surface area contributed by atoms with Crippen LogP contribution in [0.4, 0.5) is 0 Å². The van der Waals surface area contributed by atoms with Gasteiger partial charge in [-0.15, -0.1) is 18.2 Å². The first-order valence-corrected chi connectivity index (χ1v) is 24.2. The van der Waals surface area contributed by atoms with E-state index < -0.39 is 0 Å². The van der Waals surface area contributed by atoms with Gasteiger partial charge in [0.2, 0.25) is 5.71 Å². The predicted molar refractivity (Wildman–Crippen MR) is 296 cm³/mol. The van der Waals surface area contributed by atoms with E-state index >= 15 is 0 Å². The second kappa shape index (κ2) is 20.9. The molecule has 0 amide bonds. The summed E-state index contributed by atoms with van der Waals surface area (Å²) >= 11 is 0. The van der Waals surface area contributed by atoms with Crippen LogP contribution >= 0.6 is 0 Å². The molecule has 6 aromatic carbocycles. The van der Waals surface area contributed by atoms with E-state index in [0.29, 0.717) is 5.71 Å². The van der Waals surface area contributed by atoms with Crippen molar-refractivity contribution < 1.29 is 24.5 Å². The maximum absolute atomic E-state index is 6.00. The van der Waals surface area contributed by atoms with E-state index in [1.165, 1.54) is 56.3 Å². The molecule has 0 spiro atoms. The molecule has 0 saturated carbocycles. The minimum atomic E-state index is 0. The largest absolute Gasteiger partial charge is 3.00 e. The first-order chi connectivity index (χ1) is 37.2. The van der Waals surface area contributed by atoms with Crippen LogP contribution in [0.15, 0.2) is 242 Å². The standard InChI is InChI=1S/C22H13N2O.2C21H13N4.Ir/c1-2-6-15(7-3-1)16-11-13-23-20(14-16)19-9-4-8-17-18-10-5-12-24-22(18)25-21(17)19;2*1-3-7-20-17(5-1)18-6-2-4-8-21(18)25(20)16-9-10-24-19(11-16)15-12-22-14-23-13-15;/h1-8,10-14H;2*1-12,14H;/q3*-1;+3. The summed E-state index contributed by atoms with van der Waals surface area (Å²) in [5.41, 5.74) is 15.4. The molecule has 0 saturated heterocycles. The normalized spacial score (nSPS) is 11.1. The zero-order valence-corrected chi connectivity index (χ0v) is 42.6. The number of aromatic nitrogens is 10. The number of fused-ring (bicyclic) bond motifs is 9. The van der Waals surface area contributed by atoms with Gasteiger partial charge in [0.05, 0.1) is 27.6 Å². The van der Waals surface area contributed by atoms with Crippen LogP contribution < -0.4 is 0 Å². The molecule has 9 aromatic heterocycles. The number of furan rings is 1. The molecule has 0 atom stereocenters. The number of nitrogens with zero attached hydrogens (tertiary/aromatic N) is 10. The Morgan fingerprint density at radius 2 is 0.882 bits per heavy atom. The summed E-state index contributed by atoms with van der Waals surface area (Å²) in [6.07, 6.45) is 19.5. The molecule has 15 aromatic rings. The molecule has 12 heteroatoms. The van der Waals surface area contributed by atoms with Crippen molar-refractivity contribution in [3.05, 3.63) is 256 Å². The van der Waals surface area contributed by atoms with Crippen LogP contribution in [0, 0.1) is 18.5 Å². The predicted octanol–water partition coefficient (Wildman–Crippen LogP) is 14.4. The molecule has 0 fully saturated rings. The summed E-state index contributed by atoms with van der Waals surface area (Å²) in [6, 6.07) is 67.4. The Kier molecular flexibility index (Phi) is 13.0. The van der Waals surface area contributed by atoms with Gasteiger partial charge in [-0.1, -0.05) is 156 Å². The van der Waals surface area contributed by atoms with Gasteiger partial charge in [-0.05, 0) is 95.2 Å². The minimum Gasteiger partial charge on any atom is -0.486 e. The molecular formula is C64H39IrN10O. The third-order valence-electron chi connectivity index (χ3n) is 13.1. The van der Waals surface area contributed by atoms with Crippen molar-refractivity contribution in [2.75, 3.05) is 0 Å². The van der Waals surface area contributed by atoms with E-state index in [2.05, 4.69) is 183 Å². The minimum absolute atomic E-state index is 0. The van der Waals surface area contributed by atoms with Crippen LogP contribution in [-0.4, -0.2) is 49.0 Å². The summed E-state index contributed by atoms with van der Waals surface area (Å²) in [7, 11) is 0. The van der Waals surface area contributed by atoms with Crippen LogP contribution in [0.5, 0.6) is 0 Å². The molecule has 11 nitrogen and oxygen atoms in total. The SMILES string of the molecule is [Ir+3].[c-]1ccc2c(oc3ncccc32)c1-c1cc(-c2ccccc2)ccn1.[c-]1ncncc1-c1cc(-n2c3ccccc3c3ccccc32)ccn1.[c-]1ncncc1-c1cc(-n2c3ccccc3c3ccccc32)ccn1. The Labute approximate surface area is 449 Å². The van der Waals surface area contributed by atoms with Gasteiger partial charge < -0.3 is 48.4 Å². The average molecular weight is 1160 g/mol. The van der Waals surface area contributed by atoms with E-state index in [4.69, 9.17) is 4.42 Å². The fourth-order valence-corrected chi connectivity index (χ4v) is 9.74. The summed E-state index contributed by atoms with van der Waals surface area (Å²) in [6.45, 7) is 0. The van der Waals surface area contributed by atoms with Crippen molar-refractivity contribution in [3.8, 4) is 56.3 Å². The molecule has 0 N–H and O–H groups in total. The molecule has 0 bridgehead atoms. The zero-order chi connectivity index (χ0) is 49.9. The first-order valence-electron chi connectivity index (χ1n) is 24.2. The van der Waals surface area contributed by atoms with E-state index in [1.807, 2.05) is 91.4 Å². The quantitative estimate of drug-likeness (QED) is 0.150. The fourth-order valence-electron chi connectivity index (χ4n) is 9.74. The van der Waals surface area contributed by atoms with Crippen LogP contribution in [0.25, 0.3) is 122 Å². The number of hydrogen-bond acceptors (Lipinski definition) is 9. The van der Waals surface area contributed by atoms with Gasteiger partial charge in [-0.3, -0.25) is 0 Å². The van der Waals surface area contributed by atoms with Crippen LogP contribution in [-0.2, 0) is 20.1 Å². The topological polar surface area (TPSA) is 126 Å². The second-order valence-electron chi connectivity index (χ2n) is 17.5. The molecule has 0 unspecified atom stereocenters. The van der Waals surface area contributed by atoms with Crippen molar-refractivity contribution in [1.82, 2.24) is 49.0 Å². The monoisotopic (exact) mass is 1160 g/mol. The number of rotatable bonds is 6. The summed E-state index contributed by atoms with van der Waals surface area (Å²) in [4.78, 5) is 33.8. The fraction of sp³-hybridized carbons (Fsp3) is 0. The Balaban J connectivity index is 0.000000114. The van der Waals surface area contributed by atoms with Crippen molar-refractivity contribution in [2.24, 2.45) is 0 Å². The second-order valence-corrected chi connectivity index (χ2v) is 17.5. The van der Waals surface area contributed by atoms with Crippen LogP contribution in [0.2, 0.25) is 0 Å². The molecule has 0 aliphatic rings. The van der Waals surface area contributed by atoms with Crippen molar-refractivity contribution in [3.63, 3.8) is 0 Å². The number of hydrogen-bond donors (Lipinski definition) is 0. The summed E-state index contributed by atoms with van der Waals surface area (Å²) in [5, 5.41) is 7.00. The van der Waals surface area contributed by atoms with Crippen molar-refractivity contribution >= 4 is 65.7 Å². The van der Waals surface area contributed by atoms with E-state index in [0.717, 1.165) is 72.6 Å². The maximum Gasteiger partial charge on any atom is 3.00 e. The molecule has 76 heavy (non-hydrogen) atoms. The summed E-state index contributed by atoms with van der Waals surface area (Å²) < 4.78 is 10.5. The number of para-hydroxylation sites is 4. The van der Waals surface area contributed by atoms with Gasteiger partial charge in [0, 0.05) is 75.7 Å². The van der Waals surface area contributed by atoms with E-state index in [9.17, 15) is 0 Å². The van der Waals surface area contributed by atoms with Crippen molar-refractivity contribution in [1.29, 1.82) is 0 Å². The Bertz CT molecular complexity index is 4190. The Morgan fingerprint density at radius 1 is 0.395 bits per heavy atom. The molecule has 15 rings (SSSR count). The molecule has 0 aliphatic carbocycles. The van der Waals surface area contributed by atoms with Gasteiger partial charge >= 0.3 is 20.1 Å². The Morgan fingerprint density at radius 3 is 1.41 bits per heavy atom. The van der Waals surface area contributed by atoms with E-state index in [-0.39, 0.29) is 20.1 Å². The van der Waals surface area contributed by atoms with Gasteiger partial charge in [0.15, 0.2) is 0 Å². The van der Waals surface area contributed by atoms with Gasteiger partial charge in [0.1, 0.15) is 0 Å². The third-order valence-corrected chi connectivity index (χ3v) is 13.1. The summed E-state index contributed by atoms with van der Waals surface area (Å²) in [5.74, 6) is 0.